The molecule has 2 heterocycles. The Kier molecular flexibility index (Phi) is 3.83. The maximum absolute atomic E-state index is 13.7. The van der Waals surface area contributed by atoms with Crippen molar-refractivity contribution >= 4 is 0 Å². The molecule has 3 rings (SSSR count). The molecule has 7 heteroatoms. The number of nitrogens with one attached hydrogen (secondary N) is 1. The first-order valence-corrected chi connectivity index (χ1v) is 6.56. The summed E-state index contributed by atoms with van der Waals surface area (Å²) in [6.07, 6.45) is 2.83. The standard InChI is InChI=1S/C14H13F3N2O2/c15-9-5-10(16)13(11(17)6-9)21-12(8-1-2-18-7-8)14-19-3-4-20-14/h3-6,8,12,18H,1-2,7H2/t8-,12?/m1/s1. The molecule has 1 aliphatic rings. The molecule has 1 unspecified atom stereocenters. The molecule has 0 spiro atoms. The minimum Gasteiger partial charge on any atom is -0.474 e. The lowest BCUT2D eigenvalue weighted by molar-refractivity contribution is 0.103. The number of ether oxygens (including phenoxy) is 1. The zero-order valence-electron chi connectivity index (χ0n) is 11.0. The van der Waals surface area contributed by atoms with E-state index in [0.717, 1.165) is 13.0 Å². The highest BCUT2D eigenvalue weighted by molar-refractivity contribution is 5.27. The first-order valence-electron chi connectivity index (χ1n) is 6.56. The van der Waals surface area contributed by atoms with Crippen LogP contribution in [0.15, 0.2) is 29.0 Å². The van der Waals surface area contributed by atoms with E-state index < -0.39 is 29.3 Å². The Bertz CT molecular complexity index is 590. The van der Waals surface area contributed by atoms with Crippen LogP contribution in [0.2, 0.25) is 0 Å². The van der Waals surface area contributed by atoms with Gasteiger partial charge in [0.05, 0.1) is 6.20 Å². The Balaban J connectivity index is 1.91. The van der Waals surface area contributed by atoms with Crippen LogP contribution < -0.4 is 10.1 Å². The predicted molar refractivity (Wildman–Crippen MR) is 67.2 cm³/mol. The third kappa shape index (κ3) is 2.87. The van der Waals surface area contributed by atoms with Gasteiger partial charge in [0, 0.05) is 24.6 Å². The topological polar surface area (TPSA) is 47.3 Å². The van der Waals surface area contributed by atoms with Crippen molar-refractivity contribution in [3.63, 3.8) is 0 Å². The average Bonchev–Trinajstić information content (AvgIpc) is 3.11. The van der Waals surface area contributed by atoms with E-state index in [2.05, 4.69) is 10.3 Å². The van der Waals surface area contributed by atoms with Crippen LogP contribution in [-0.4, -0.2) is 18.1 Å². The minimum absolute atomic E-state index is 0.0347. The Hall–Kier alpha value is -2.02. The van der Waals surface area contributed by atoms with E-state index in [-0.39, 0.29) is 11.8 Å². The van der Waals surface area contributed by atoms with Gasteiger partial charge in [-0.15, -0.1) is 0 Å². The molecule has 1 aromatic heterocycles. The molecule has 1 N–H and O–H groups in total. The van der Waals surface area contributed by atoms with Crippen molar-refractivity contribution in [3.8, 4) is 5.75 Å². The molecule has 1 aliphatic heterocycles. The highest BCUT2D eigenvalue weighted by Crippen LogP contribution is 2.34. The van der Waals surface area contributed by atoms with Gasteiger partial charge in [0.25, 0.3) is 0 Å². The molecule has 0 radical (unpaired) electrons. The number of nitrogens with zero attached hydrogens (tertiary/aromatic N) is 1. The molecule has 0 amide bonds. The first-order chi connectivity index (χ1) is 10.1. The second-order valence-corrected chi connectivity index (χ2v) is 4.86. The fourth-order valence-corrected chi connectivity index (χ4v) is 2.43. The molecule has 21 heavy (non-hydrogen) atoms. The molecule has 1 fully saturated rings. The van der Waals surface area contributed by atoms with E-state index in [1.165, 1.54) is 12.5 Å². The second kappa shape index (κ2) is 5.77. The van der Waals surface area contributed by atoms with Crippen molar-refractivity contribution in [2.75, 3.05) is 13.1 Å². The monoisotopic (exact) mass is 298 g/mol. The molecule has 0 saturated carbocycles. The van der Waals surface area contributed by atoms with E-state index >= 15 is 0 Å². The van der Waals surface area contributed by atoms with Gasteiger partial charge in [-0.25, -0.2) is 18.2 Å². The number of hydrogen-bond acceptors (Lipinski definition) is 4. The summed E-state index contributed by atoms with van der Waals surface area (Å²) >= 11 is 0. The molecule has 4 nitrogen and oxygen atoms in total. The molecule has 112 valence electrons. The summed E-state index contributed by atoms with van der Waals surface area (Å²) in [5.41, 5.74) is 0. The van der Waals surface area contributed by atoms with Crippen LogP contribution in [0.5, 0.6) is 5.75 Å². The quantitative estimate of drug-likeness (QED) is 0.943. The molecular formula is C14H13F3N2O2. The highest BCUT2D eigenvalue weighted by atomic mass is 19.1. The van der Waals surface area contributed by atoms with Crippen LogP contribution in [0.4, 0.5) is 13.2 Å². The lowest BCUT2D eigenvalue weighted by atomic mass is 10.0. The highest BCUT2D eigenvalue weighted by Gasteiger charge is 2.33. The minimum atomic E-state index is -1.09. The lowest BCUT2D eigenvalue weighted by Crippen LogP contribution is -2.22. The zero-order valence-corrected chi connectivity index (χ0v) is 11.0. The second-order valence-electron chi connectivity index (χ2n) is 4.86. The van der Waals surface area contributed by atoms with E-state index in [1.54, 1.807) is 0 Å². The average molecular weight is 298 g/mol. The Morgan fingerprint density at radius 3 is 2.62 bits per heavy atom. The summed E-state index contributed by atoms with van der Waals surface area (Å²) in [6, 6.07) is 1.16. The summed E-state index contributed by atoms with van der Waals surface area (Å²) in [4.78, 5) is 4.00. The van der Waals surface area contributed by atoms with Gasteiger partial charge in [0.1, 0.15) is 12.1 Å². The Labute approximate surface area is 118 Å². The van der Waals surface area contributed by atoms with Crippen LogP contribution in [0.25, 0.3) is 0 Å². The predicted octanol–water partition coefficient (Wildman–Crippen LogP) is 2.82. The Morgan fingerprint density at radius 1 is 1.29 bits per heavy atom. The molecule has 1 aromatic carbocycles. The van der Waals surface area contributed by atoms with Crippen LogP contribution in [-0.2, 0) is 0 Å². The van der Waals surface area contributed by atoms with Gasteiger partial charge in [-0.2, -0.15) is 0 Å². The smallest absolute Gasteiger partial charge is 0.235 e. The summed E-state index contributed by atoms with van der Waals surface area (Å²) in [5.74, 6) is -3.58. The van der Waals surface area contributed by atoms with Gasteiger partial charge in [0.2, 0.25) is 5.89 Å². The van der Waals surface area contributed by atoms with Gasteiger partial charge < -0.3 is 14.5 Å². The summed E-state index contributed by atoms with van der Waals surface area (Å²) in [5, 5.41) is 3.14. The molecule has 1 saturated heterocycles. The van der Waals surface area contributed by atoms with Crippen molar-refractivity contribution in [3.05, 3.63) is 47.9 Å². The van der Waals surface area contributed by atoms with Crippen LogP contribution in [0, 0.1) is 23.4 Å². The largest absolute Gasteiger partial charge is 0.474 e. The van der Waals surface area contributed by atoms with Crippen LogP contribution in [0.3, 0.4) is 0 Å². The zero-order chi connectivity index (χ0) is 14.8. The van der Waals surface area contributed by atoms with E-state index in [4.69, 9.17) is 9.15 Å². The van der Waals surface area contributed by atoms with E-state index in [1.807, 2.05) is 0 Å². The Morgan fingerprint density at radius 2 is 2.05 bits per heavy atom. The van der Waals surface area contributed by atoms with Crippen molar-refractivity contribution in [1.82, 2.24) is 10.3 Å². The third-order valence-corrected chi connectivity index (χ3v) is 3.43. The fraction of sp³-hybridized carbons (Fsp3) is 0.357. The van der Waals surface area contributed by atoms with Crippen LogP contribution >= 0.6 is 0 Å². The maximum atomic E-state index is 13.7. The fourth-order valence-electron chi connectivity index (χ4n) is 2.43. The van der Waals surface area contributed by atoms with Gasteiger partial charge in [-0.05, 0) is 13.0 Å². The first kappa shape index (κ1) is 13.9. The molecular weight excluding hydrogens is 285 g/mol. The van der Waals surface area contributed by atoms with Gasteiger partial charge in [0.15, 0.2) is 23.5 Å². The van der Waals surface area contributed by atoms with Crippen molar-refractivity contribution < 1.29 is 22.3 Å². The number of halogens is 3. The summed E-state index contributed by atoms with van der Waals surface area (Å²) in [6.45, 7) is 1.40. The molecule has 2 atom stereocenters. The maximum Gasteiger partial charge on any atom is 0.235 e. The normalized spacial score (nSPS) is 19.7. The van der Waals surface area contributed by atoms with Gasteiger partial charge in [-0.3, -0.25) is 0 Å². The number of aromatic nitrogens is 1. The molecule has 0 bridgehead atoms. The van der Waals surface area contributed by atoms with E-state index in [0.29, 0.717) is 18.7 Å². The lowest BCUT2D eigenvalue weighted by Gasteiger charge is -2.22. The van der Waals surface area contributed by atoms with Gasteiger partial charge >= 0.3 is 0 Å². The molecule has 2 aromatic rings. The van der Waals surface area contributed by atoms with Crippen molar-refractivity contribution in [1.29, 1.82) is 0 Å². The SMILES string of the molecule is Fc1cc(F)c(OC(c2ncco2)[C@@H]2CCNC2)c(F)c1. The number of benzene rings is 1. The molecule has 0 aliphatic carbocycles. The number of oxazole rings is 1. The third-order valence-electron chi connectivity index (χ3n) is 3.43. The van der Waals surface area contributed by atoms with Crippen molar-refractivity contribution in [2.24, 2.45) is 5.92 Å². The number of hydrogen-bond donors (Lipinski definition) is 1. The summed E-state index contributed by atoms with van der Waals surface area (Å²) in [7, 11) is 0. The van der Waals surface area contributed by atoms with Crippen molar-refractivity contribution in [2.45, 2.75) is 12.5 Å². The number of rotatable bonds is 4. The summed E-state index contributed by atoms with van der Waals surface area (Å²) < 4.78 is 51.0. The van der Waals surface area contributed by atoms with Gasteiger partial charge in [-0.1, -0.05) is 0 Å². The van der Waals surface area contributed by atoms with E-state index in [9.17, 15) is 13.2 Å². The van der Waals surface area contributed by atoms with Crippen LogP contribution in [0.1, 0.15) is 18.4 Å².